The molecule has 0 atom stereocenters. The van der Waals surface area contributed by atoms with Crippen molar-refractivity contribution in [1.29, 1.82) is 0 Å². The van der Waals surface area contributed by atoms with Crippen LogP contribution in [0.5, 0.6) is 0 Å². The normalized spacial score (nSPS) is 15.5. The quantitative estimate of drug-likeness (QED) is 0.883. The van der Waals surface area contributed by atoms with Crippen molar-refractivity contribution in [2.75, 3.05) is 38.1 Å². The van der Waals surface area contributed by atoms with Crippen LogP contribution in [0.3, 0.4) is 0 Å². The zero-order chi connectivity index (χ0) is 14.5. The van der Waals surface area contributed by atoms with E-state index in [0.29, 0.717) is 36.9 Å². The number of hydrogen-bond donors (Lipinski definition) is 1. The van der Waals surface area contributed by atoms with Crippen LogP contribution in [0.1, 0.15) is 6.42 Å². The van der Waals surface area contributed by atoms with Gasteiger partial charge in [-0.05, 0) is 12.1 Å². The Hall–Kier alpha value is -1.82. The summed E-state index contributed by atoms with van der Waals surface area (Å²) < 4.78 is 0. The number of carbonyl (C=O) groups is 2. The van der Waals surface area contributed by atoms with Gasteiger partial charge in [-0.15, -0.1) is 0 Å². The highest BCUT2D eigenvalue weighted by Crippen LogP contribution is 2.13. The van der Waals surface area contributed by atoms with Crippen LogP contribution < -0.4 is 10.2 Å². The summed E-state index contributed by atoms with van der Waals surface area (Å²) in [4.78, 5) is 31.1. The highest BCUT2D eigenvalue weighted by atomic mass is 35.5. The minimum atomic E-state index is -0.0132. The van der Waals surface area contributed by atoms with Crippen molar-refractivity contribution in [2.24, 2.45) is 0 Å². The number of amides is 2. The summed E-state index contributed by atoms with van der Waals surface area (Å²) in [6.07, 6.45) is 1.90. The first-order valence-electron chi connectivity index (χ1n) is 6.43. The first-order chi connectivity index (χ1) is 9.56. The molecule has 1 fully saturated rings. The zero-order valence-electron chi connectivity index (χ0n) is 11.3. The van der Waals surface area contributed by atoms with E-state index in [1.165, 1.54) is 0 Å². The molecule has 0 bridgehead atoms. The molecule has 0 saturated carbocycles. The molecule has 2 heterocycles. The van der Waals surface area contributed by atoms with E-state index >= 15 is 0 Å². The second kappa shape index (κ2) is 6.56. The Balaban J connectivity index is 1.93. The largest absolute Gasteiger partial charge is 0.354 e. The molecular weight excluding hydrogens is 280 g/mol. The van der Waals surface area contributed by atoms with Crippen molar-refractivity contribution >= 4 is 29.2 Å². The molecule has 0 radical (unpaired) electrons. The molecule has 108 valence electrons. The van der Waals surface area contributed by atoms with Gasteiger partial charge in [-0.2, -0.15) is 0 Å². The lowest BCUT2D eigenvalue weighted by molar-refractivity contribution is -0.129. The number of aromatic nitrogens is 1. The van der Waals surface area contributed by atoms with Gasteiger partial charge in [0.05, 0.1) is 11.6 Å². The monoisotopic (exact) mass is 296 g/mol. The van der Waals surface area contributed by atoms with Crippen LogP contribution >= 0.6 is 11.6 Å². The number of rotatable bonds is 3. The molecule has 2 amide bonds. The first kappa shape index (κ1) is 14.6. The fraction of sp³-hybridized carbons (Fsp3) is 0.462. The van der Waals surface area contributed by atoms with Crippen LogP contribution in [-0.2, 0) is 9.59 Å². The van der Waals surface area contributed by atoms with Crippen molar-refractivity contribution in [3.8, 4) is 0 Å². The van der Waals surface area contributed by atoms with E-state index in [-0.39, 0.29) is 18.4 Å². The number of carbonyl (C=O) groups excluding carboxylic acids is 2. The summed E-state index contributed by atoms with van der Waals surface area (Å²) in [5.74, 6) is 0.667. The molecule has 1 aromatic heterocycles. The van der Waals surface area contributed by atoms with Crippen LogP contribution in [0.15, 0.2) is 18.3 Å². The Morgan fingerprint density at radius 3 is 3.00 bits per heavy atom. The van der Waals surface area contributed by atoms with Gasteiger partial charge in [-0.25, -0.2) is 4.98 Å². The minimum Gasteiger partial charge on any atom is -0.354 e. The fourth-order valence-corrected chi connectivity index (χ4v) is 2.11. The molecular formula is C13H17ClN4O2. The van der Waals surface area contributed by atoms with Gasteiger partial charge < -0.3 is 15.1 Å². The number of nitrogens with zero attached hydrogens (tertiary/aromatic N) is 3. The average Bonchev–Trinajstić information content (AvgIpc) is 2.64. The van der Waals surface area contributed by atoms with Crippen molar-refractivity contribution in [3.05, 3.63) is 23.4 Å². The molecule has 1 aromatic rings. The molecule has 1 N–H and O–H groups in total. The predicted octanol–water partition coefficient (Wildman–Crippen LogP) is 0.520. The molecule has 1 aliphatic rings. The predicted molar refractivity (Wildman–Crippen MR) is 76.7 cm³/mol. The second-order valence-corrected chi connectivity index (χ2v) is 5.11. The van der Waals surface area contributed by atoms with E-state index in [1.54, 1.807) is 35.2 Å². The van der Waals surface area contributed by atoms with Gasteiger partial charge in [0.2, 0.25) is 11.8 Å². The summed E-state index contributed by atoms with van der Waals surface area (Å²) in [7, 11) is 1.80. The smallest absolute Gasteiger partial charge is 0.242 e. The third-order valence-corrected chi connectivity index (χ3v) is 3.36. The lowest BCUT2D eigenvalue weighted by atomic mass is 10.3. The number of nitrogens with one attached hydrogen (secondary N) is 1. The molecule has 20 heavy (non-hydrogen) atoms. The highest BCUT2D eigenvalue weighted by molar-refractivity contribution is 6.30. The Morgan fingerprint density at radius 1 is 1.50 bits per heavy atom. The molecule has 0 unspecified atom stereocenters. The van der Waals surface area contributed by atoms with Crippen LogP contribution in [-0.4, -0.2) is 54.9 Å². The number of halogens is 1. The van der Waals surface area contributed by atoms with Crippen molar-refractivity contribution in [3.63, 3.8) is 0 Å². The van der Waals surface area contributed by atoms with Crippen molar-refractivity contribution in [2.45, 2.75) is 6.42 Å². The molecule has 2 rings (SSSR count). The van der Waals surface area contributed by atoms with E-state index in [1.807, 2.05) is 0 Å². The second-order valence-electron chi connectivity index (χ2n) is 4.67. The number of anilines is 1. The van der Waals surface area contributed by atoms with Crippen LogP contribution in [0.2, 0.25) is 5.02 Å². The fourth-order valence-electron chi connectivity index (χ4n) is 1.99. The average molecular weight is 297 g/mol. The molecule has 7 heteroatoms. The molecule has 1 aliphatic heterocycles. The maximum atomic E-state index is 12.2. The number of likely N-dealkylation sites (N-methyl/N-ethyl adjacent to an activating group) is 1. The first-order valence-corrected chi connectivity index (χ1v) is 6.81. The summed E-state index contributed by atoms with van der Waals surface area (Å²) in [6, 6.07) is 3.50. The maximum absolute atomic E-state index is 12.2. The third-order valence-electron chi connectivity index (χ3n) is 3.14. The van der Waals surface area contributed by atoms with Gasteiger partial charge in [0.25, 0.3) is 0 Å². The van der Waals surface area contributed by atoms with Gasteiger partial charge >= 0.3 is 0 Å². The van der Waals surface area contributed by atoms with Crippen LogP contribution in [0.4, 0.5) is 5.82 Å². The van der Waals surface area contributed by atoms with Gasteiger partial charge in [-0.1, -0.05) is 11.6 Å². The summed E-state index contributed by atoms with van der Waals surface area (Å²) in [6.45, 7) is 1.75. The standard InChI is InChI=1S/C13H17ClN4O2/c1-17(11-3-2-10(14)8-16-11)9-13(20)18-6-4-12(19)15-5-7-18/h2-3,8H,4-7,9H2,1H3,(H,15,19). The lowest BCUT2D eigenvalue weighted by Gasteiger charge is -2.24. The van der Waals surface area contributed by atoms with Crippen molar-refractivity contribution in [1.82, 2.24) is 15.2 Å². The number of pyridine rings is 1. The Labute approximate surface area is 122 Å². The summed E-state index contributed by atoms with van der Waals surface area (Å²) in [5, 5.41) is 3.31. The third kappa shape index (κ3) is 3.84. The van der Waals surface area contributed by atoms with E-state index in [9.17, 15) is 9.59 Å². The highest BCUT2D eigenvalue weighted by Gasteiger charge is 2.19. The van der Waals surface area contributed by atoms with E-state index < -0.39 is 0 Å². The van der Waals surface area contributed by atoms with E-state index in [4.69, 9.17) is 11.6 Å². The maximum Gasteiger partial charge on any atom is 0.242 e. The Bertz CT molecular complexity index is 492. The molecule has 0 aromatic carbocycles. The molecule has 1 saturated heterocycles. The molecule has 0 spiro atoms. The topological polar surface area (TPSA) is 65.5 Å². The SMILES string of the molecule is CN(CC(=O)N1CCNC(=O)CC1)c1ccc(Cl)cn1. The van der Waals surface area contributed by atoms with Gasteiger partial charge in [0.15, 0.2) is 0 Å². The lowest BCUT2D eigenvalue weighted by Crippen LogP contribution is -2.41. The van der Waals surface area contributed by atoms with Crippen LogP contribution in [0, 0.1) is 0 Å². The molecule has 0 aliphatic carbocycles. The molecule has 6 nitrogen and oxygen atoms in total. The number of hydrogen-bond acceptors (Lipinski definition) is 4. The Kier molecular flexibility index (Phi) is 4.79. The van der Waals surface area contributed by atoms with Gasteiger partial charge in [0.1, 0.15) is 5.82 Å². The summed E-state index contributed by atoms with van der Waals surface area (Å²) >= 11 is 5.78. The summed E-state index contributed by atoms with van der Waals surface area (Å²) in [5.41, 5.74) is 0. The Morgan fingerprint density at radius 2 is 2.30 bits per heavy atom. The van der Waals surface area contributed by atoms with E-state index in [2.05, 4.69) is 10.3 Å². The zero-order valence-corrected chi connectivity index (χ0v) is 12.1. The van der Waals surface area contributed by atoms with Gasteiger partial charge in [-0.3, -0.25) is 9.59 Å². The minimum absolute atomic E-state index is 0.00646. The van der Waals surface area contributed by atoms with E-state index in [0.717, 1.165) is 0 Å². The van der Waals surface area contributed by atoms with Crippen molar-refractivity contribution < 1.29 is 9.59 Å². The van der Waals surface area contributed by atoms with Gasteiger partial charge in [0, 0.05) is 39.3 Å². The van der Waals surface area contributed by atoms with Crippen LogP contribution in [0.25, 0.3) is 0 Å².